The molecule has 0 spiro atoms. The third kappa shape index (κ3) is 4.51. The van der Waals surface area contributed by atoms with Crippen LogP contribution >= 0.6 is 0 Å². The topological polar surface area (TPSA) is 81.4 Å². The van der Waals surface area contributed by atoms with Crippen LogP contribution in [0.1, 0.15) is 62.5 Å². The summed E-state index contributed by atoms with van der Waals surface area (Å²) in [6.07, 6.45) is 9.12. The number of rotatable bonds is 4. The third-order valence-electron chi connectivity index (χ3n) is 5.38. The molecule has 3 aromatic heterocycles. The first-order valence-electron chi connectivity index (χ1n) is 10.5. The standard InChI is InChI=1S/C23H29N5O2/c1-15-12-20(16-6-5-11-24-13-16)27-21-19(14-25-28(15)21)22(29)26-17-7-9-18(10-8-17)30-23(2,3)4/h5-6,11-14,17-18H,7-10H2,1-4H3,(H,26,29). The van der Waals surface area contributed by atoms with E-state index < -0.39 is 0 Å². The number of carbonyl (C=O) groups excluding carboxylic acids is 1. The molecule has 1 N–H and O–H groups in total. The predicted molar refractivity (Wildman–Crippen MR) is 115 cm³/mol. The number of ether oxygens (including phenoxy) is 1. The molecule has 1 aliphatic rings. The van der Waals surface area contributed by atoms with Gasteiger partial charge in [0.25, 0.3) is 5.91 Å². The summed E-state index contributed by atoms with van der Waals surface area (Å²) in [6, 6.07) is 5.93. The molecule has 1 aliphatic carbocycles. The summed E-state index contributed by atoms with van der Waals surface area (Å²) in [5.41, 5.74) is 3.54. The van der Waals surface area contributed by atoms with E-state index in [4.69, 9.17) is 9.72 Å². The van der Waals surface area contributed by atoms with Crippen LogP contribution in [0.5, 0.6) is 0 Å². The second-order valence-corrected chi connectivity index (χ2v) is 9.00. The van der Waals surface area contributed by atoms with E-state index in [1.807, 2.05) is 25.1 Å². The number of hydrogen-bond acceptors (Lipinski definition) is 5. The van der Waals surface area contributed by atoms with Gasteiger partial charge in [-0.15, -0.1) is 0 Å². The summed E-state index contributed by atoms with van der Waals surface area (Å²) in [4.78, 5) is 21.9. The predicted octanol–water partition coefficient (Wildman–Crippen LogP) is 3.96. The lowest BCUT2D eigenvalue weighted by Crippen LogP contribution is -2.40. The van der Waals surface area contributed by atoms with Gasteiger partial charge in [0.2, 0.25) is 0 Å². The van der Waals surface area contributed by atoms with E-state index in [1.54, 1.807) is 23.1 Å². The van der Waals surface area contributed by atoms with Gasteiger partial charge in [-0.3, -0.25) is 9.78 Å². The van der Waals surface area contributed by atoms with E-state index in [0.717, 1.165) is 42.6 Å². The van der Waals surface area contributed by atoms with Gasteiger partial charge >= 0.3 is 0 Å². The van der Waals surface area contributed by atoms with Gasteiger partial charge in [-0.05, 0) is 71.6 Å². The first-order chi connectivity index (χ1) is 14.3. The number of pyridine rings is 1. The van der Waals surface area contributed by atoms with E-state index >= 15 is 0 Å². The molecule has 1 fully saturated rings. The van der Waals surface area contributed by atoms with E-state index in [0.29, 0.717) is 11.2 Å². The van der Waals surface area contributed by atoms with Crippen LogP contribution in [0.2, 0.25) is 0 Å². The van der Waals surface area contributed by atoms with Crippen LogP contribution in [0.15, 0.2) is 36.8 Å². The fourth-order valence-corrected chi connectivity index (χ4v) is 4.02. The lowest BCUT2D eigenvalue weighted by Gasteiger charge is -2.33. The molecule has 1 amide bonds. The average molecular weight is 408 g/mol. The molecule has 0 radical (unpaired) electrons. The monoisotopic (exact) mass is 407 g/mol. The molecule has 0 aliphatic heterocycles. The first kappa shape index (κ1) is 20.5. The minimum Gasteiger partial charge on any atom is -0.373 e. The Hall–Kier alpha value is -2.80. The second kappa shape index (κ2) is 8.14. The molecule has 7 heteroatoms. The molecule has 30 heavy (non-hydrogen) atoms. The second-order valence-electron chi connectivity index (χ2n) is 9.00. The summed E-state index contributed by atoms with van der Waals surface area (Å²) in [5, 5.41) is 7.55. The number of carbonyl (C=O) groups is 1. The zero-order valence-electron chi connectivity index (χ0n) is 18.1. The van der Waals surface area contributed by atoms with E-state index in [9.17, 15) is 4.79 Å². The van der Waals surface area contributed by atoms with Crippen molar-refractivity contribution in [3.05, 3.63) is 48.0 Å². The van der Waals surface area contributed by atoms with Gasteiger partial charge in [-0.25, -0.2) is 9.50 Å². The molecule has 3 heterocycles. The van der Waals surface area contributed by atoms with Crippen LogP contribution in [-0.2, 0) is 4.74 Å². The highest BCUT2D eigenvalue weighted by Gasteiger charge is 2.27. The Morgan fingerprint density at radius 1 is 1.20 bits per heavy atom. The Morgan fingerprint density at radius 2 is 1.97 bits per heavy atom. The van der Waals surface area contributed by atoms with Crippen molar-refractivity contribution in [1.29, 1.82) is 0 Å². The van der Waals surface area contributed by atoms with Crippen molar-refractivity contribution in [2.75, 3.05) is 0 Å². The van der Waals surface area contributed by atoms with Crippen LogP contribution in [0.3, 0.4) is 0 Å². The lowest BCUT2D eigenvalue weighted by atomic mass is 9.92. The molecular weight excluding hydrogens is 378 g/mol. The lowest BCUT2D eigenvalue weighted by molar-refractivity contribution is -0.0757. The van der Waals surface area contributed by atoms with E-state index in [1.165, 1.54) is 0 Å². The Kier molecular flexibility index (Phi) is 5.56. The average Bonchev–Trinajstić information content (AvgIpc) is 3.14. The van der Waals surface area contributed by atoms with Crippen molar-refractivity contribution >= 4 is 11.6 Å². The molecule has 7 nitrogen and oxygen atoms in total. The molecule has 3 aromatic rings. The maximum Gasteiger partial charge on any atom is 0.256 e. The Bertz CT molecular complexity index is 1030. The molecule has 0 bridgehead atoms. The van der Waals surface area contributed by atoms with Gasteiger partial charge in [0, 0.05) is 29.7 Å². The van der Waals surface area contributed by atoms with Gasteiger partial charge < -0.3 is 10.1 Å². The quantitative estimate of drug-likeness (QED) is 0.708. The molecule has 0 aromatic carbocycles. The van der Waals surface area contributed by atoms with E-state index in [-0.39, 0.29) is 23.7 Å². The molecule has 0 saturated heterocycles. The number of amides is 1. The highest BCUT2D eigenvalue weighted by atomic mass is 16.5. The van der Waals surface area contributed by atoms with Crippen molar-refractivity contribution in [1.82, 2.24) is 24.9 Å². The molecule has 158 valence electrons. The number of nitrogens with one attached hydrogen (secondary N) is 1. The maximum atomic E-state index is 13.0. The summed E-state index contributed by atoms with van der Waals surface area (Å²) in [5.74, 6) is -0.125. The van der Waals surface area contributed by atoms with Crippen LogP contribution in [0.4, 0.5) is 0 Å². The SMILES string of the molecule is Cc1cc(-c2cccnc2)nc2c(C(=O)NC3CCC(OC(C)(C)C)CC3)cnn12. The minimum atomic E-state index is -0.132. The van der Waals surface area contributed by atoms with Crippen molar-refractivity contribution in [2.45, 2.75) is 71.1 Å². The summed E-state index contributed by atoms with van der Waals surface area (Å²) < 4.78 is 7.80. The number of aryl methyl sites for hydroxylation is 1. The fraction of sp³-hybridized carbons (Fsp3) is 0.478. The van der Waals surface area contributed by atoms with Crippen LogP contribution in [0, 0.1) is 6.92 Å². The van der Waals surface area contributed by atoms with Gasteiger partial charge in [-0.2, -0.15) is 5.10 Å². The molecule has 0 atom stereocenters. The van der Waals surface area contributed by atoms with E-state index in [2.05, 4.69) is 36.2 Å². The number of fused-ring (bicyclic) bond motifs is 1. The first-order valence-corrected chi connectivity index (χ1v) is 10.5. The zero-order valence-corrected chi connectivity index (χ0v) is 18.1. The minimum absolute atomic E-state index is 0.125. The van der Waals surface area contributed by atoms with Crippen LogP contribution in [-0.4, -0.2) is 43.2 Å². The highest BCUT2D eigenvalue weighted by molar-refractivity contribution is 6.00. The van der Waals surface area contributed by atoms with Gasteiger partial charge in [0.05, 0.1) is 23.6 Å². The zero-order chi connectivity index (χ0) is 21.3. The Morgan fingerprint density at radius 3 is 2.63 bits per heavy atom. The number of aromatic nitrogens is 4. The third-order valence-corrected chi connectivity index (χ3v) is 5.38. The van der Waals surface area contributed by atoms with Gasteiger partial charge in [0.1, 0.15) is 5.56 Å². The molecular formula is C23H29N5O2. The molecule has 0 unspecified atom stereocenters. The smallest absolute Gasteiger partial charge is 0.256 e. The summed E-state index contributed by atoms with van der Waals surface area (Å²) in [6.45, 7) is 8.21. The van der Waals surface area contributed by atoms with Crippen molar-refractivity contribution in [3.8, 4) is 11.3 Å². The van der Waals surface area contributed by atoms with Crippen molar-refractivity contribution in [3.63, 3.8) is 0 Å². The highest BCUT2D eigenvalue weighted by Crippen LogP contribution is 2.26. The normalized spacial score (nSPS) is 19.7. The Balaban J connectivity index is 1.50. The maximum absolute atomic E-state index is 13.0. The fourth-order valence-electron chi connectivity index (χ4n) is 4.02. The van der Waals surface area contributed by atoms with Crippen LogP contribution < -0.4 is 5.32 Å². The number of nitrogens with zero attached hydrogens (tertiary/aromatic N) is 4. The summed E-state index contributed by atoms with van der Waals surface area (Å²) >= 11 is 0. The number of hydrogen-bond donors (Lipinski definition) is 1. The van der Waals surface area contributed by atoms with Crippen molar-refractivity contribution < 1.29 is 9.53 Å². The van der Waals surface area contributed by atoms with Gasteiger partial charge in [-0.1, -0.05) is 0 Å². The summed E-state index contributed by atoms with van der Waals surface area (Å²) in [7, 11) is 0. The largest absolute Gasteiger partial charge is 0.373 e. The van der Waals surface area contributed by atoms with Crippen LogP contribution in [0.25, 0.3) is 16.9 Å². The molecule has 4 rings (SSSR count). The molecule has 1 saturated carbocycles. The van der Waals surface area contributed by atoms with Crippen molar-refractivity contribution in [2.24, 2.45) is 0 Å². The van der Waals surface area contributed by atoms with Gasteiger partial charge in [0.15, 0.2) is 5.65 Å². The Labute approximate surface area is 176 Å².